The highest BCUT2D eigenvalue weighted by Gasteiger charge is 2.37. The first-order valence-corrected chi connectivity index (χ1v) is 6.01. The molecule has 1 aromatic rings. The highest BCUT2D eigenvalue weighted by atomic mass is 35.5. The first-order valence-electron chi connectivity index (χ1n) is 5.19. The SMILES string of the molecule is Cc1nc(C(F)(F)F)c(CN(C)C(C)CN)s1.Cl. The number of aromatic nitrogens is 1. The molecule has 0 aliphatic carbocycles. The van der Waals surface area contributed by atoms with E-state index in [0.717, 1.165) is 11.3 Å². The fourth-order valence-corrected chi connectivity index (χ4v) is 2.38. The Labute approximate surface area is 115 Å². The molecule has 0 aromatic carbocycles. The monoisotopic (exact) mass is 303 g/mol. The van der Waals surface area contributed by atoms with Crippen LogP contribution in [0.25, 0.3) is 0 Å². The van der Waals surface area contributed by atoms with E-state index in [0.29, 0.717) is 11.6 Å². The lowest BCUT2D eigenvalue weighted by atomic mass is 10.2. The predicted molar refractivity (Wildman–Crippen MR) is 69.1 cm³/mol. The highest BCUT2D eigenvalue weighted by molar-refractivity contribution is 7.11. The average Bonchev–Trinajstić information content (AvgIpc) is 2.57. The normalized spacial score (nSPS) is 13.6. The number of thiazole rings is 1. The van der Waals surface area contributed by atoms with Crippen LogP contribution in [0.15, 0.2) is 0 Å². The summed E-state index contributed by atoms with van der Waals surface area (Å²) in [4.78, 5) is 5.60. The number of halogens is 4. The van der Waals surface area contributed by atoms with Gasteiger partial charge in [0.25, 0.3) is 0 Å². The zero-order valence-corrected chi connectivity index (χ0v) is 12.0. The summed E-state index contributed by atoms with van der Waals surface area (Å²) in [6, 6.07) is 0.0403. The number of rotatable bonds is 4. The molecule has 0 radical (unpaired) electrons. The first-order chi connectivity index (χ1) is 7.75. The Kier molecular flexibility index (Phi) is 6.56. The van der Waals surface area contributed by atoms with E-state index in [-0.39, 0.29) is 29.9 Å². The Morgan fingerprint density at radius 3 is 2.44 bits per heavy atom. The van der Waals surface area contributed by atoms with Crippen molar-refractivity contribution in [2.24, 2.45) is 5.73 Å². The van der Waals surface area contributed by atoms with Crippen LogP contribution in [-0.2, 0) is 12.7 Å². The third-order valence-corrected chi connectivity index (χ3v) is 3.51. The molecular weight excluding hydrogens is 287 g/mol. The lowest BCUT2D eigenvalue weighted by Gasteiger charge is -2.23. The smallest absolute Gasteiger partial charge is 0.329 e. The maximum absolute atomic E-state index is 12.7. The molecule has 18 heavy (non-hydrogen) atoms. The van der Waals surface area contributed by atoms with E-state index in [9.17, 15) is 13.2 Å². The van der Waals surface area contributed by atoms with Crippen molar-refractivity contribution in [1.82, 2.24) is 9.88 Å². The van der Waals surface area contributed by atoms with Crippen molar-refractivity contribution < 1.29 is 13.2 Å². The van der Waals surface area contributed by atoms with Crippen molar-refractivity contribution in [3.05, 3.63) is 15.6 Å². The maximum atomic E-state index is 12.7. The Hall–Kier alpha value is -0.370. The van der Waals surface area contributed by atoms with Crippen molar-refractivity contribution in [1.29, 1.82) is 0 Å². The molecule has 0 saturated carbocycles. The zero-order chi connectivity index (χ0) is 13.2. The lowest BCUT2D eigenvalue weighted by Crippen LogP contribution is -2.35. The largest absolute Gasteiger partial charge is 0.434 e. The fourth-order valence-electron chi connectivity index (χ4n) is 1.36. The van der Waals surface area contributed by atoms with Crippen molar-refractivity contribution >= 4 is 23.7 Å². The molecule has 1 aromatic heterocycles. The molecule has 0 amide bonds. The summed E-state index contributed by atoms with van der Waals surface area (Å²) in [5.74, 6) is 0. The van der Waals surface area contributed by atoms with E-state index in [1.807, 2.05) is 6.92 Å². The second-order valence-corrected chi connectivity index (χ2v) is 5.29. The second-order valence-electron chi connectivity index (χ2n) is 4.00. The summed E-state index contributed by atoms with van der Waals surface area (Å²) in [5.41, 5.74) is 4.71. The van der Waals surface area contributed by atoms with Gasteiger partial charge in [0.05, 0.1) is 9.88 Å². The molecule has 0 fully saturated rings. The van der Waals surface area contributed by atoms with E-state index >= 15 is 0 Å². The molecule has 8 heteroatoms. The van der Waals surface area contributed by atoms with Crippen LogP contribution in [0.5, 0.6) is 0 Å². The molecule has 0 saturated heterocycles. The van der Waals surface area contributed by atoms with E-state index in [1.54, 1.807) is 18.9 Å². The van der Waals surface area contributed by atoms with Gasteiger partial charge in [-0.05, 0) is 20.9 Å². The summed E-state index contributed by atoms with van der Waals surface area (Å²) in [6.45, 7) is 4.09. The van der Waals surface area contributed by atoms with Gasteiger partial charge in [0.1, 0.15) is 0 Å². The third-order valence-electron chi connectivity index (χ3n) is 2.56. The molecule has 1 heterocycles. The summed E-state index contributed by atoms with van der Waals surface area (Å²) in [7, 11) is 1.76. The molecule has 0 bridgehead atoms. The van der Waals surface area contributed by atoms with Crippen LogP contribution in [-0.4, -0.2) is 29.5 Å². The molecule has 0 aliphatic heterocycles. The molecule has 1 rings (SSSR count). The van der Waals surface area contributed by atoms with Gasteiger partial charge in [-0.2, -0.15) is 13.2 Å². The highest BCUT2D eigenvalue weighted by Crippen LogP contribution is 2.34. The number of nitrogens with zero attached hydrogens (tertiary/aromatic N) is 2. The van der Waals surface area contributed by atoms with Gasteiger partial charge >= 0.3 is 6.18 Å². The Balaban J connectivity index is 0.00000289. The Morgan fingerprint density at radius 1 is 1.44 bits per heavy atom. The quantitative estimate of drug-likeness (QED) is 0.930. The van der Waals surface area contributed by atoms with Crippen molar-refractivity contribution in [2.45, 2.75) is 32.6 Å². The van der Waals surface area contributed by atoms with Crippen molar-refractivity contribution in [2.75, 3.05) is 13.6 Å². The summed E-state index contributed by atoms with van der Waals surface area (Å²) in [5, 5.41) is 0.432. The molecule has 0 aliphatic rings. The minimum atomic E-state index is -4.38. The lowest BCUT2D eigenvalue weighted by molar-refractivity contribution is -0.141. The molecule has 1 atom stereocenters. The number of nitrogens with two attached hydrogens (primary N) is 1. The molecule has 2 N–H and O–H groups in total. The van der Waals surface area contributed by atoms with Crippen LogP contribution in [0.3, 0.4) is 0 Å². The van der Waals surface area contributed by atoms with Crippen LogP contribution in [0.4, 0.5) is 13.2 Å². The van der Waals surface area contributed by atoms with Crippen LogP contribution >= 0.6 is 23.7 Å². The van der Waals surface area contributed by atoms with E-state index < -0.39 is 11.9 Å². The standard InChI is InChI=1S/C10H16F3N3S.ClH/c1-6(4-14)16(3)5-8-9(10(11,12)13)15-7(2)17-8;/h6H,4-5,14H2,1-3H3;1H. The number of likely N-dealkylation sites (N-methyl/N-ethyl adjacent to an activating group) is 1. The van der Waals surface area contributed by atoms with Gasteiger partial charge in [-0.25, -0.2) is 4.98 Å². The van der Waals surface area contributed by atoms with Gasteiger partial charge in [0.15, 0.2) is 5.69 Å². The maximum Gasteiger partial charge on any atom is 0.434 e. The fraction of sp³-hybridized carbons (Fsp3) is 0.700. The van der Waals surface area contributed by atoms with E-state index in [1.165, 1.54) is 0 Å². The summed E-state index contributed by atoms with van der Waals surface area (Å²) < 4.78 is 38.1. The van der Waals surface area contributed by atoms with Crippen LogP contribution < -0.4 is 5.73 Å². The van der Waals surface area contributed by atoms with Crippen molar-refractivity contribution in [3.8, 4) is 0 Å². The molecule has 1 unspecified atom stereocenters. The minimum Gasteiger partial charge on any atom is -0.329 e. The number of aryl methyl sites for hydroxylation is 1. The first kappa shape index (κ1) is 17.6. The number of hydrogen-bond acceptors (Lipinski definition) is 4. The predicted octanol–water partition coefficient (Wildman–Crippen LogP) is 2.67. The summed E-state index contributed by atoms with van der Waals surface area (Å²) >= 11 is 1.08. The molecule has 106 valence electrons. The van der Waals surface area contributed by atoms with Gasteiger partial charge in [0, 0.05) is 19.1 Å². The van der Waals surface area contributed by atoms with Gasteiger partial charge in [0.2, 0.25) is 0 Å². The number of alkyl halides is 3. The number of hydrogen-bond donors (Lipinski definition) is 1. The van der Waals surface area contributed by atoms with Gasteiger partial charge in [-0.15, -0.1) is 23.7 Å². The van der Waals surface area contributed by atoms with Gasteiger partial charge in [-0.1, -0.05) is 0 Å². The third kappa shape index (κ3) is 4.38. The van der Waals surface area contributed by atoms with E-state index in [4.69, 9.17) is 5.73 Å². The Bertz CT molecular complexity index is 381. The Morgan fingerprint density at radius 2 is 2.00 bits per heavy atom. The van der Waals surface area contributed by atoms with Crippen LogP contribution in [0, 0.1) is 6.92 Å². The van der Waals surface area contributed by atoms with Crippen molar-refractivity contribution in [3.63, 3.8) is 0 Å². The second kappa shape index (κ2) is 6.70. The zero-order valence-electron chi connectivity index (χ0n) is 10.4. The average molecular weight is 304 g/mol. The van der Waals surface area contributed by atoms with Crippen LogP contribution in [0.2, 0.25) is 0 Å². The van der Waals surface area contributed by atoms with Gasteiger partial charge in [-0.3, -0.25) is 4.90 Å². The van der Waals surface area contributed by atoms with Crippen LogP contribution in [0.1, 0.15) is 22.5 Å². The minimum absolute atomic E-state index is 0. The topological polar surface area (TPSA) is 42.2 Å². The molecular formula is C10H17ClF3N3S. The summed E-state index contributed by atoms with van der Waals surface area (Å²) in [6.07, 6.45) is -4.38. The van der Waals surface area contributed by atoms with E-state index in [2.05, 4.69) is 4.98 Å². The molecule has 0 spiro atoms. The molecule has 3 nitrogen and oxygen atoms in total. The van der Waals surface area contributed by atoms with Gasteiger partial charge < -0.3 is 5.73 Å².